The van der Waals surface area contributed by atoms with Gasteiger partial charge in [0.25, 0.3) is 0 Å². The molecule has 0 atom stereocenters. The summed E-state index contributed by atoms with van der Waals surface area (Å²) in [6, 6.07) is 26.8. The molecule has 3 aromatic carbocycles. The zero-order valence-corrected chi connectivity index (χ0v) is 11.9. The molecular formula is C20H17. The third-order valence-corrected chi connectivity index (χ3v) is 3.49. The van der Waals surface area contributed by atoms with Gasteiger partial charge in [0.1, 0.15) is 0 Å². The lowest BCUT2D eigenvalue weighted by atomic mass is 9.97. The molecule has 0 aliphatic heterocycles. The van der Waals surface area contributed by atoms with E-state index >= 15 is 0 Å². The molecule has 3 aromatic rings. The lowest BCUT2D eigenvalue weighted by Crippen LogP contribution is -1.83. The molecular weight excluding hydrogens is 240 g/mol. The first-order valence-electron chi connectivity index (χ1n) is 6.87. The Morgan fingerprint density at radius 3 is 1.55 bits per heavy atom. The average Bonchev–Trinajstić information content (AvgIpc) is 2.47. The van der Waals surface area contributed by atoms with Crippen LogP contribution in [0.5, 0.6) is 0 Å². The highest BCUT2D eigenvalue weighted by Crippen LogP contribution is 2.27. The molecule has 0 heterocycles. The lowest BCUT2D eigenvalue weighted by molar-refractivity contribution is 1.45. The van der Waals surface area contributed by atoms with Crippen molar-refractivity contribution in [3.63, 3.8) is 0 Å². The molecule has 0 unspecified atom stereocenters. The van der Waals surface area contributed by atoms with Crippen molar-refractivity contribution in [2.75, 3.05) is 0 Å². The molecule has 0 bridgehead atoms. The van der Waals surface area contributed by atoms with Gasteiger partial charge in [0.15, 0.2) is 0 Å². The van der Waals surface area contributed by atoms with Crippen molar-refractivity contribution in [3.8, 4) is 22.3 Å². The number of hydrogen-bond acceptors (Lipinski definition) is 0. The zero-order chi connectivity index (χ0) is 13.9. The SMILES string of the molecule is Cc1cccc(-c2c[c]cc(-c3cccc(C)c3)c2)c1. The van der Waals surface area contributed by atoms with E-state index in [2.05, 4.69) is 74.5 Å². The summed E-state index contributed by atoms with van der Waals surface area (Å²) in [6.07, 6.45) is 0. The molecule has 0 N–H and O–H groups in total. The lowest BCUT2D eigenvalue weighted by Gasteiger charge is -2.07. The van der Waals surface area contributed by atoms with Gasteiger partial charge in [-0.25, -0.2) is 0 Å². The number of aryl methyl sites for hydroxylation is 2. The Labute approximate surface area is 120 Å². The second-order valence-electron chi connectivity index (χ2n) is 5.25. The molecule has 0 nitrogen and oxygen atoms in total. The predicted molar refractivity (Wildman–Crippen MR) is 85.6 cm³/mol. The van der Waals surface area contributed by atoms with Crippen LogP contribution in [0.1, 0.15) is 11.1 Å². The smallest absolute Gasteiger partial charge is 0.0171 e. The number of hydrogen-bond donors (Lipinski definition) is 0. The molecule has 97 valence electrons. The maximum atomic E-state index is 3.27. The second-order valence-corrected chi connectivity index (χ2v) is 5.25. The minimum Gasteiger partial charge on any atom is -0.0614 e. The third-order valence-electron chi connectivity index (χ3n) is 3.49. The maximum absolute atomic E-state index is 3.27. The molecule has 3 rings (SSSR count). The predicted octanol–water partition coefficient (Wildman–Crippen LogP) is 5.44. The summed E-state index contributed by atoms with van der Waals surface area (Å²) in [5.74, 6) is 0. The van der Waals surface area contributed by atoms with Crippen LogP contribution in [-0.2, 0) is 0 Å². The summed E-state index contributed by atoms with van der Waals surface area (Å²) in [5.41, 5.74) is 7.49. The van der Waals surface area contributed by atoms with Gasteiger partial charge >= 0.3 is 0 Å². The van der Waals surface area contributed by atoms with E-state index in [1.54, 1.807) is 0 Å². The highest BCUT2D eigenvalue weighted by Gasteiger charge is 2.02. The van der Waals surface area contributed by atoms with Gasteiger partial charge in [-0.2, -0.15) is 0 Å². The summed E-state index contributed by atoms with van der Waals surface area (Å²) < 4.78 is 0. The summed E-state index contributed by atoms with van der Waals surface area (Å²) in [4.78, 5) is 0. The van der Waals surface area contributed by atoms with Crippen LogP contribution in [0.3, 0.4) is 0 Å². The van der Waals surface area contributed by atoms with Gasteiger partial charge in [-0.05, 0) is 60.4 Å². The second kappa shape index (κ2) is 5.34. The van der Waals surface area contributed by atoms with E-state index in [0.29, 0.717) is 0 Å². The first kappa shape index (κ1) is 12.7. The quantitative estimate of drug-likeness (QED) is 0.573. The van der Waals surface area contributed by atoms with E-state index in [1.165, 1.54) is 33.4 Å². The van der Waals surface area contributed by atoms with Crippen LogP contribution >= 0.6 is 0 Å². The summed E-state index contributed by atoms with van der Waals surface area (Å²) in [5, 5.41) is 0. The Kier molecular flexibility index (Phi) is 3.39. The summed E-state index contributed by atoms with van der Waals surface area (Å²) in [7, 11) is 0. The average molecular weight is 257 g/mol. The summed E-state index contributed by atoms with van der Waals surface area (Å²) in [6.45, 7) is 4.25. The van der Waals surface area contributed by atoms with Gasteiger partial charge in [0.2, 0.25) is 0 Å². The van der Waals surface area contributed by atoms with E-state index < -0.39 is 0 Å². The van der Waals surface area contributed by atoms with E-state index in [0.717, 1.165) is 0 Å². The normalized spacial score (nSPS) is 10.5. The molecule has 0 aliphatic rings. The van der Waals surface area contributed by atoms with Crippen LogP contribution in [0.25, 0.3) is 22.3 Å². The van der Waals surface area contributed by atoms with E-state index in [9.17, 15) is 0 Å². The number of rotatable bonds is 2. The van der Waals surface area contributed by atoms with Crippen LogP contribution in [0, 0.1) is 19.9 Å². The molecule has 0 heteroatoms. The monoisotopic (exact) mass is 257 g/mol. The van der Waals surface area contributed by atoms with Crippen molar-refractivity contribution in [2.24, 2.45) is 0 Å². The Hall–Kier alpha value is -2.34. The van der Waals surface area contributed by atoms with Crippen LogP contribution in [0.15, 0.2) is 66.7 Å². The molecule has 0 saturated carbocycles. The first-order valence-corrected chi connectivity index (χ1v) is 6.87. The van der Waals surface area contributed by atoms with Gasteiger partial charge in [-0.3, -0.25) is 0 Å². The van der Waals surface area contributed by atoms with Gasteiger partial charge < -0.3 is 0 Å². The fourth-order valence-electron chi connectivity index (χ4n) is 2.45. The zero-order valence-electron chi connectivity index (χ0n) is 11.9. The van der Waals surface area contributed by atoms with E-state index in [-0.39, 0.29) is 0 Å². The molecule has 0 aliphatic carbocycles. The molecule has 0 spiro atoms. The Bertz CT molecular complexity index is 678. The molecule has 0 fully saturated rings. The van der Waals surface area contributed by atoms with Crippen LogP contribution < -0.4 is 0 Å². The van der Waals surface area contributed by atoms with Gasteiger partial charge in [0, 0.05) is 0 Å². The van der Waals surface area contributed by atoms with Gasteiger partial charge in [-0.1, -0.05) is 59.7 Å². The molecule has 1 radical (unpaired) electrons. The maximum Gasteiger partial charge on any atom is -0.0171 e. The third kappa shape index (κ3) is 2.65. The highest BCUT2D eigenvalue weighted by atomic mass is 14.1. The number of benzene rings is 3. The van der Waals surface area contributed by atoms with Crippen LogP contribution in [-0.4, -0.2) is 0 Å². The molecule has 20 heavy (non-hydrogen) atoms. The minimum atomic E-state index is 1.22. The van der Waals surface area contributed by atoms with Crippen LogP contribution in [0.4, 0.5) is 0 Å². The largest absolute Gasteiger partial charge is 0.0614 e. The van der Waals surface area contributed by atoms with E-state index in [1.807, 2.05) is 12.1 Å². The standard InChI is InChI=1S/C20H17/c1-15-6-3-8-17(12-15)19-10-5-11-20(14-19)18-9-4-7-16(2)13-18/h3-4,6-14H,1-2H3. The van der Waals surface area contributed by atoms with Crippen LogP contribution in [0.2, 0.25) is 0 Å². The van der Waals surface area contributed by atoms with Crippen molar-refractivity contribution >= 4 is 0 Å². The van der Waals surface area contributed by atoms with Gasteiger partial charge in [-0.15, -0.1) is 0 Å². The Balaban J connectivity index is 2.06. The minimum absolute atomic E-state index is 1.22. The topological polar surface area (TPSA) is 0 Å². The fraction of sp³-hybridized carbons (Fsp3) is 0.100. The van der Waals surface area contributed by atoms with E-state index in [4.69, 9.17) is 0 Å². The van der Waals surface area contributed by atoms with Crippen molar-refractivity contribution in [1.29, 1.82) is 0 Å². The van der Waals surface area contributed by atoms with Crippen molar-refractivity contribution in [3.05, 3.63) is 83.9 Å². The highest BCUT2D eigenvalue weighted by molar-refractivity contribution is 5.73. The molecule has 0 aromatic heterocycles. The van der Waals surface area contributed by atoms with Gasteiger partial charge in [0.05, 0.1) is 0 Å². The first-order chi connectivity index (χ1) is 9.72. The Morgan fingerprint density at radius 1 is 0.600 bits per heavy atom. The van der Waals surface area contributed by atoms with Crippen molar-refractivity contribution in [2.45, 2.75) is 13.8 Å². The fourth-order valence-corrected chi connectivity index (χ4v) is 2.45. The van der Waals surface area contributed by atoms with Crippen molar-refractivity contribution in [1.82, 2.24) is 0 Å². The Morgan fingerprint density at radius 2 is 1.10 bits per heavy atom. The van der Waals surface area contributed by atoms with Crippen molar-refractivity contribution < 1.29 is 0 Å². The molecule has 0 saturated heterocycles. The molecule has 0 amide bonds. The summed E-state index contributed by atoms with van der Waals surface area (Å²) >= 11 is 0.